The second kappa shape index (κ2) is 6.72. The minimum absolute atomic E-state index is 0.124. The molecule has 0 saturated carbocycles. The van der Waals surface area contributed by atoms with Gasteiger partial charge in [-0.1, -0.05) is 17.8 Å². The highest BCUT2D eigenvalue weighted by Gasteiger charge is 2.11. The van der Waals surface area contributed by atoms with Gasteiger partial charge in [0.2, 0.25) is 5.89 Å². The maximum atomic E-state index is 13.0. The predicted molar refractivity (Wildman–Crippen MR) is 95.5 cm³/mol. The number of aromatic nitrogens is 4. The number of nitrogens with zero attached hydrogens (tertiary/aromatic N) is 4. The van der Waals surface area contributed by atoms with E-state index in [4.69, 9.17) is 4.42 Å². The lowest BCUT2D eigenvalue weighted by Crippen LogP contribution is -2.17. The molecule has 4 aromatic rings. The maximum absolute atomic E-state index is 13.0. The van der Waals surface area contributed by atoms with Crippen molar-refractivity contribution in [1.29, 1.82) is 0 Å². The molecule has 0 radical (unpaired) electrons. The van der Waals surface area contributed by atoms with Crippen molar-refractivity contribution in [3.8, 4) is 11.5 Å². The normalized spacial score (nSPS) is 11.2. The molecule has 0 unspecified atom stereocenters. The molecule has 3 aromatic heterocycles. The zero-order valence-corrected chi connectivity index (χ0v) is 14.5. The summed E-state index contributed by atoms with van der Waals surface area (Å²) in [4.78, 5) is 16.8. The molecule has 1 aromatic carbocycles. The van der Waals surface area contributed by atoms with Crippen LogP contribution in [0.5, 0.6) is 0 Å². The van der Waals surface area contributed by atoms with Crippen LogP contribution in [0.3, 0.4) is 0 Å². The van der Waals surface area contributed by atoms with E-state index in [0.29, 0.717) is 33.8 Å². The maximum Gasteiger partial charge on any atom is 0.277 e. The molecule has 0 aliphatic heterocycles. The Labute approximate surface area is 151 Å². The standard InChI is InChI=1S/C18H13FN4O2S/c1-11-3-2-4-15-20-14(9-16(24)23(11)15)10-26-18-22-21-17(25-18)12-5-7-13(19)8-6-12/h2-9H,10H2,1H3. The lowest BCUT2D eigenvalue weighted by atomic mass is 10.2. The van der Waals surface area contributed by atoms with Gasteiger partial charge in [0, 0.05) is 23.1 Å². The van der Waals surface area contributed by atoms with Gasteiger partial charge >= 0.3 is 0 Å². The molecule has 0 aliphatic carbocycles. The van der Waals surface area contributed by atoms with Crippen molar-refractivity contribution in [3.05, 3.63) is 76.1 Å². The zero-order chi connectivity index (χ0) is 18.1. The molecule has 4 rings (SSSR count). The summed E-state index contributed by atoms with van der Waals surface area (Å²) in [6.07, 6.45) is 0. The molecule has 0 N–H and O–H groups in total. The number of hydrogen-bond acceptors (Lipinski definition) is 6. The second-order valence-electron chi connectivity index (χ2n) is 5.62. The van der Waals surface area contributed by atoms with Gasteiger partial charge in [-0.3, -0.25) is 9.20 Å². The molecule has 0 bridgehead atoms. The minimum atomic E-state index is -0.327. The molecular weight excluding hydrogens is 355 g/mol. The van der Waals surface area contributed by atoms with Crippen molar-refractivity contribution in [1.82, 2.24) is 19.6 Å². The Balaban J connectivity index is 1.54. The summed E-state index contributed by atoms with van der Waals surface area (Å²) in [5.41, 5.74) is 2.59. The third-order valence-electron chi connectivity index (χ3n) is 3.77. The van der Waals surface area contributed by atoms with Crippen molar-refractivity contribution < 1.29 is 8.81 Å². The van der Waals surface area contributed by atoms with Crippen LogP contribution in [0.2, 0.25) is 0 Å². The smallest absolute Gasteiger partial charge is 0.277 e. The molecule has 0 spiro atoms. The van der Waals surface area contributed by atoms with E-state index in [-0.39, 0.29) is 11.4 Å². The topological polar surface area (TPSA) is 73.3 Å². The number of thioether (sulfide) groups is 1. The quantitative estimate of drug-likeness (QED) is 0.514. The molecule has 0 aliphatic rings. The summed E-state index contributed by atoms with van der Waals surface area (Å²) >= 11 is 1.29. The van der Waals surface area contributed by atoms with E-state index in [1.54, 1.807) is 22.6 Å². The van der Waals surface area contributed by atoms with Gasteiger partial charge in [0.15, 0.2) is 0 Å². The van der Waals surface area contributed by atoms with Crippen molar-refractivity contribution in [3.63, 3.8) is 0 Å². The van der Waals surface area contributed by atoms with Gasteiger partial charge in [0.1, 0.15) is 11.5 Å². The Morgan fingerprint density at radius 1 is 1.15 bits per heavy atom. The van der Waals surface area contributed by atoms with Crippen molar-refractivity contribution in [2.75, 3.05) is 0 Å². The van der Waals surface area contributed by atoms with Crippen LogP contribution in [0.4, 0.5) is 4.39 Å². The summed E-state index contributed by atoms with van der Waals surface area (Å²) in [7, 11) is 0. The molecule has 3 heterocycles. The molecule has 0 amide bonds. The van der Waals surface area contributed by atoms with E-state index in [1.165, 1.54) is 30.0 Å². The van der Waals surface area contributed by atoms with Crippen LogP contribution < -0.4 is 5.56 Å². The van der Waals surface area contributed by atoms with Gasteiger partial charge in [0.05, 0.1) is 5.69 Å². The van der Waals surface area contributed by atoms with Crippen LogP contribution >= 0.6 is 11.8 Å². The summed E-state index contributed by atoms with van der Waals surface area (Å²) < 4.78 is 20.1. The number of fused-ring (bicyclic) bond motifs is 1. The van der Waals surface area contributed by atoms with E-state index in [0.717, 1.165) is 5.69 Å². The van der Waals surface area contributed by atoms with Crippen molar-refractivity contribution >= 4 is 17.4 Å². The van der Waals surface area contributed by atoms with Crippen LogP contribution in [-0.4, -0.2) is 19.6 Å². The highest BCUT2D eigenvalue weighted by molar-refractivity contribution is 7.98. The largest absolute Gasteiger partial charge is 0.411 e. The van der Waals surface area contributed by atoms with E-state index in [9.17, 15) is 9.18 Å². The van der Waals surface area contributed by atoms with Crippen LogP contribution in [0.1, 0.15) is 11.4 Å². The zero-order valence-electron chi connectivity index (χ0n) is 13.7. The average molecular weight is 368 g/mol. The first-order valence-corrected chi connectivity index (χ1v) is 8.79. The summed E-state index contributed by atoms with van der Waals surface area (Å²) in [6.45, 7) is 1.86. The van der Waals surface area contributed by atoms with Crippen LogP contribution in [0.25, 0.3) is 17.1 Å². The summed E-state index contributed by atoms with van der Waals surface area (Å²) in [5.74, 6) is 0.409. The first-order valence-electron chi connectivity index (χ1n) is 7.81. The lowest BCUT2D eigenvalue weighted by Gasteiger charge is -2.05. The Bertz CT molecular complexity index is 1140. The van der Waals surface area contributed by atoms with Gasteiger partial charge in [-0.05, 0) is 43.3 Å². The molecule has 6 nitrogen and oxygen atoms in total. The highest BCUT2D eigenvalue weighted by atomic mass is 32.2. The fourth-order valence-electron chi connectivity index (χ4n) is 2.55. The third-order valence-corrected chi connectivity index (χ3v) is 4.63. The first-order chi connectivity index (χ1) is 12.6. The van der Waals surface area contributed by atoms with Crippen LogP contribution in [0.15, 0.2) is 63.0 Å². The molecule has 0 fully saturated rings. The second-order valence-corrected chi connectivity index (χ2v) is 6.54. The Morgan fingerprint density at radius 2 is 1.96 bits per heavy atom. The molecule has 130 valence electrons. The minimum Gasteiger partial charge on any atom is -0.411 e. The van der Waals surface area contributed by atoms with Crippen LogP contribution in [0, 0.1) is 12.7 Å². The molecule has 0 atom stereocenters. The van der Waals surface area contributed by atoms with Gasteiger partial charge in [-0.25, -0.2) is 9.37 Å². The van der Waals surface area contributed by atoms with Gasteiger partial charge < -0.3 is 4.42 Å². The highest BCUT2D eigenvalue weighted by Crippen LogP contribution is 2.25. The van der Waals surface area contributed by atoms with Gasteiger partial charge in [0.25, 0.3) is 10.8 Å². The number of halogens is 1. The Hall–Kier alpha value is -3.00. The number of rotatable bonds is 4. The summed E-state index contributed by atoms with van der Waals surface area (Å²) in [6, 6.07) is 12.8. The van der Waals surface area contributed by atoms with E-state index >= 15 is 0 Å². The van der Waals surface area contributed by atoms with E-state index < -0.39 is 0 Å². The van der Waals surface area contributed by atoms with Gasteiger partial charge in [-0.2, -0.15) is 0 Å². The average Bonchev–Trinajstić information content (AvgIpc) is 3.09. The Morgan fingerprint density at radius 3 is 2.77 bits per heavy atom. The molecule has 8 heteroatoms. The third kappa shape index (κ3) is 3.23. The molecular formula is C18H13FN4O2S. The number of hydrogen-bond donors (Lipinski definition) is 0. The first kappa shape index (κ1) is 16.5. The van der Waals surface area contributed by atoms with Crippen molar-refractivity contribution in [2.45, 2.75) is 17.9 Å². The fraction of sp³-hybridized carbons (Fsp3) is 0.111. The molecule has 0 saturated heterocycles. The monoisotopic (exact) mass is 368 g/mol. The Kier molecular flexibility index (Phi) is 4.26. The van der Waals surface area contributed by atoms with Gasteiger partial charge in [-0.15, -0.1) is 10.2 Å². The SMILES string of the molecule is Cc1cccc2nc(CSc3nnc(-c4ccc(F)cc4)o3)cc(=O)n12. The van der Waals surface area contributed by atoms with Crippen LogP contribution in [-0.2, 0) is 5.75 Å². The number of pyridine rings is 1. The number of aryl methyl sites for hydroxylation is 1. The number of benzene rings is 1. The lowest BCUT2D eigenvalue weighted by molar-refractivity contribution is 0.465. The van der Waals surface area contributed by atoms with E-state index in [2.05, 4.69) is 15.2 Å². The van der Waals surface area contributed by atoms with E-state index in [1.807, 2.05) is 19.1 Å². The van der Waals surface area contributed by atoms with Crippen molar-refractivity contribution in [2.24, 2.45) is 0 Å². The molecule has 26 heavy (non-hydrogen) atoms. The summed E-state index contributed by atoms with van der Waals surface area (Å²) in [5, 5.41) is 8.29. The fourth-order valence-corrected chi connectivity index (χ4v) is 3.21. The predicted octanol–water partition coefficient (Wildman–Crippen LogP) is 3.48.